The quantitative estimate of drug-likeness (QED) is 0.608. The Bertz CT molecular complexity index is 825. The highest BCUT2D eigenvalue weighted by atomic mass is 32.2. The van der Waals surface area contributed by atoms with Crippen LogP contribution in [0.5, 0.6) is 5.88 Å². The Morgan fingerprint density at radius 1 is 1.43 bits per heavy atom. The van der Waals surface area contributed by atoms with Crippen LogP contribution in [-0.4, -0.2) is 18.9 Å². The van der Waals surface area contributed by atoms with Gasteiger partial charge >= 0.3 is 15.6 Å². The minimum absolute atomic E-state index is 0.0277. The maximum atomic E-state index is 12.5. The third-order valence-electron chi connectivity index (χ3n) is 4.96. The van der Waals surface area contributed by atoms with Crippen LogP contribution in [0.15, 0.2) is 6.07 Å². The van der Waals surface area contributed by atoms with Crippen LogP contribution in [0.4, 0.5) is 13.2 Å². The number of nitrogens with zero attached hydrogens (tertiary/aromatic N) is 2. The molecule has 1 saturated carbocycles. The first-order chi connectivity index (χ1) is 10.5. The van der Waals surface area contributed by atoms with Gasteiger partial charge < -0.3 is 4.18 Å². The maximum Gasteiger partial charge on any atom is 0.534 e. The predicted octanol–water partition coefficient (Wildman–Crippen LogP) is 2.87. The van der Waals surface area contributed by atoms with Crippen LogP contribution in [0, 0.1) is 22.7 Å². The van der Waals surface area contributed by atoms with E-state index in [1.165, 1.54) is 6.07 Å². The zero-order valence-corrected chi connectivity index (χ0v) is 13.1. The number of hydrogen-bond acceptors (Lipinski definition) is 5. The Labute approximate surface area is 131 Å². The number of halogens is 3. The van der Waals surface area contributed by atoms with Crippen molar-refractivity contribution in [3.8, 4) is 11.9 Å². The monoisotopic (exact) mass is 346 g/mol. The van der Waals surface area contributed by atoms with Crippen molar-refractivity contribution in [3.05, 3.63) is 22.9 Å². The van der Waals surface area contributed by atoms with Crippen molar-refractivity contribution in [2.75, 3.05) is 0 Å². The number of aromatic nitrogens is 1. The molecule has 0 aliphatic heterocycles. The molecule has 0 saturated heterocycles. The van der Waals surface area contributed by atoms with Gasteiger partial charge in [-0.05, 0) is 35.8 Å². The molecule has 124 valence electrons. The molecule has 5 nitrogen and oxygen atoms in total. The van der Waals surface area contributed by atoms with Crippen LogP contribution >= 0.6 is 0 Å². The summed E-state index contributed by atoms with van der Waals surface area (Å²) < 4.78 is 63.9. The predicted molar refractivity (Wildman–Crippen MR) is 72.9 cm³/mol. The highest BCUT2D eigenvalue weighted by Crippen LogP contribution is 2.61. The van der Waals surface area contributed by atoms with E-state index in [2.05, 4.69) is 9.17 Å². The Morgan fingerprint density at radius 3 is 2.61 bits per heavy atom. The Kier molecular flexibility index (Phi) is 3.21. The second kappa shape index (κ2) is 4.60. The van der Waals surface area contributed by atoms with Crippen molar-refractivity contribution < 1.29 is 25.8 Å². The second-order valence-corrected chi connectivity index (χ2v) is 8.03. The van der Waals surface area contributed by atoms with Gasteiger partial charge in [0.1, 0.15) is 11.6 Å². The number of alkyl halides is 3. The van der Waals surface area contributed by atoms with Gasteiger partial charge in [0.05, 0.1) is 5.69 Å². The maximum absolute atomic E-state index is 12.5. The van der Waals surface area contributed by atoms with Gasteiger partial charge in [-0.15, -0.1) is 0 Å². The molecule has 2 bridgehead atoms. The second-order valence-electron chi connectivity index (χ2n) is 6.49. The molecule has 1 aromatic heterocycles. The molecule has 1 fully saturated rings. The molecule has 2 atom stereocenters. The molecule has 23 heavy (non-hydrogen) atoms. The van der Waals surface area contributed by atoms with Crippen LogP contribution in [0.25, 0.3) is 0 Å². The fourth-order valence-electron chi connectivity index (χ4n) is 3.40. The van der Waals surface area contributed by atoms with E-state index in [9.17, 15) is 21.6 Å². The van der Waals surface area contributed by atoms with Crippen LogP contribution in [0.1, 0.15) is 43.0 Å². The fourth-order valence-corrected chi connectivity index (χ4v) is 3.83. The zero-order valence-electron chi connectivity index (χ0n) is 12.3. The van der Waals surface area contributed by atoms with E-state index in [1.54, 1.807) is 6.07 Å². The van der Waals surface area contributed by atoms with Crippen LogP contribution in [-0.2, 0) is 16.5 Å². The topological polar surface area (TPSA) is 80.0 Å². The summed E-state index contributed by atoms with van der Waals surface area (Å²) in [6.07, 6.45) is 1.52. The summed E-state index contributed by atoms with van der Waals surface area (Å²) in [7, 11) is -5.86. The molecule has 3 aliphatic rings. The average molecular weight is 346 g/mol. The lowest BCUT2D eigenvalue weighted by molar-refractivity contribution is -0.0502. The van der Waals surface area contributed by atoms with Crippen molar-refractivity contribution in [1.82, 2.24) is 4.98 Å². The van der Waals surface area contributed by atoms with E-state index in [1.807, 2.05) is 13.8 Å². The molecule has 0 amide bonds. The first kappa shape index (κ1) is 16.1. The average Bonchev–Trinajstić information content (AvgIpc) is 2.43. The Hall–Kier alpha value is -1.82. The molecule has 4 rings (SSSR count). The molecular weight excluding hydrogens is 333 g/mol. The van der Waals surface area contributed by atoms with Crippen LogP contribution in [0.3, 0.4) is 0 Å². The van der Waals surface area contributed by atoms with E-state index >= 15 is 0 Å². The van der Waals surface area contributed by atoms with Gasteiger partial charge in [-0.25, -0.2) is 4.98 Å². The van der Waals surface area contributed by atoms with E-state index in [0.29, 0.717) is 18.0 Å². The lowest BCUT2D eigenvalue weighted by atomic mass is 9.48. The number of rotatable bonds is 2. The third-order valence-corrected chi connectivity index (χ3v) is 5.90. The van der Waals surface area contributed by atoms with E-state index in [4.69, 9.17) is 5.26 Å². The standard InChI is InChI=1S/C14H13F3N2O3S/c1-13(2)9-4-7-3-8(6-18)12(19-11(7)10(13)5-9)22-23(20,21)14(15,16)17/h3,9-10H,4-5H2,1-2H3/t9-,10-/m0/s1. The molecule has 0 N–H and O–H groups in total. The Balaban J connectivity index is 2.06. The minimum Gasteiger partial charge on any atom is -0.354 e. The fraction of sp³-hybridized carbons (Fsp3) is 0.571. The molecule has 0 spiro atoms. The van der Waals surface area contributed by atoms with Crippen molar-refractivity contribution in [3.63, 3.8) is 0 Å². The number of nitriles is 1. The molecule has 0 aromatic carbocycles. The van der Waals surface area contributed by atoms with Gasteiger partial charge in [0.25, 0.3) is 5.88 Å². The van der Waals surface area contributed by atoms with E-state index in [-0.39, 0.29) is 16.9 Å². The normalized spacial score (nSPS) is 25.0. The molecule has 0 radical (unpaired) electrons. The molecule has 9 heteroatoms. The van der Waals surface area contributed by atoms with Crippen molar-refractivity contribution in [1.29, 1.82) is 5.26 Å². The third kappa shape index (κ3) is 2.27. The van der Waals surface area contributed by atoms with Gasteiger partial charge in [-0.3, -0.25) is 0 Å². The first-order valence-electron chi connectivity index (χ1n) is 6.92. The van der Waals surface area contributed by atoms with E-state index in [0.717, 1.165) is 12.0 Å². The summed E-state index contributed by atoms with van der Waals surface area (Å²) in [5.74, 6) is -0.344. The summed E-state index contributed by atoms with van der Waals surface area (Å²) in [4.78, 5) is 3.97. The lowest BCUT2D eigenvalue weighted by Gasteiger charge is -2.56. The van der Waals surface area contributed by atoms with Crippen LogP contribution < -0.4 is 4.18 Å². The number of pyridine rings is 1. The summed E-state index contributed by atoms with van der Waals surface area (Å²) in [5, 5.41) is 9.05. The molecule has 1 aromatic rings. The highest BCUT2D eigenvalue weighted by molar-refractivity contribution is 7.87. The minimum atomic E-state index is -5.86. The summed E-state index contributed by atoms with van der Waals surface area (Å²) in [6.45, 7) is 4.09. The van der Waals surface area contributed by atoms with Crippen LogP contribution in [0.2, 0.25) is 0 Å². The van der Waals surface area contributed by atoms with Gasteiger partial charge in [0.2, 0.25) is 0 Å². The van der Waals surface area contributed by atoms with Crippen molar-refractivity contribution in [2.24, 2.45) is 11.3 Å². The largest absolute Gasteiger partial charge is 0.534 e. The summed E-state index contributed by atoms with van der Waals surface area (Å²) in [6, 6.07) is 3.04. The summed E-state index contributed by atoms with van der Waals surface area (Å²) >= 11 is 0. The van der Waals surface area contributed by atoms with Crippen molar-refractivity contribution >= 4 is 10.1 Å². The Morgan fingerprint density at radius 2 is 2.09 bits per heavy atom. The summed E-state index contributed by atoms with van der Waals surface area (Å²) in [5.41, 5.74) is -4.62. The molecule has 1 heterocycles. The van der Waals surface area contributed by atoms with Gasteiger partial charge in [-0.2, -0.15) is 26.9 Å². The van der Waals surface area contributed by atoms with Gasteiger partial charge in [0.15, 0.2) is 0 Å². The SMILES string of the molecule is CC1(C)[C@H]2Cc3cc(C#N)c(OS(=O)(=O)C(F)(F)F)nc3[C@@H]1C2. The molecular formula is C14H13F3N2O3S. The molecule has 3 aliphatic carbocycles. The van der Waals surface area contributed by atoms with Crippen molar-refractivity contribution in [2.45, 2.75) is 38.1 Å². The van der Waals surface area contributed by atoms with Gasteiger partial charge in [0, 0.05) is 5.92 Å². The lowest BCUT2D eigenvalue weighted by Crippen LogP contribution is -2.48. The van der Waals surface area contributed by atoms with Gasteiger partial charge in [-0.1, -0.05) is 13.8 Å². The smallest absolute Gasteiger partial charge is 0.354 e. The number of hydrogen-bond donors (Lipinski definition) is 0. The molecule has 0 unspecified atom stereocenters. The zero-order chi connectivity index (χ0) is 17.2. The van der Waals surface area contributed by atoms with E-state index < -0.39 is 21.5 Å². The highest BCUT2D eigenvalue weighted by Gasteiger charge is 2.54. The first-order valence-corrected chi connectivity index (χ1v) is 8.33.